The quantitative estimate of drug-likeness (QED) is 0.723. The lowest BCUT2D eigenvalue weighted by molar-refractivity contribution is 0.134. The first kappa shape index (κ1) is 22.3. The predicted molar refractivity (Wildman–Crippen MR) is 130 cm³/mol. The Labute approximate surface area is 199 Å². The van der Waals surface area contributed by atoms with Gasteiger partial charge >= 0.3 is 6.03 Å². The number of ether oxygens (including phenoxy) is 1. The van der Waals surface area contributed by atoms with Crippen molar-refractivity contribution in [2.24, 2.45) is 11.8 Å². The van der Waals surface area contributed by atoms with Gasteiger partial charge in [-0.05, 0) is 24.6 Å². The van der Waals surface area contributed by atoms with Crippen LogP contribution in [0, 0.1) is 11.8 Å². The molecule has 4 heterocycles. The van der Waals surface area contributed by atoms with Gasteiger partial charge in [-0.1, -0.05) is 24.2 Å². The summed E-state index contributed by atoms with van der Waals surface area (Å²) >= 11 is 6.37. The molecule has 9 heteroatoms. The second-order valence-electron chi connectivity index (χ2n) is 9.33. The Balaban J connectivity index is 1.20. The van der Waals surface area contributed by atoms with E-state index in [1.165, 1.54) is 15.9 Å². The fourth-order valence-electron chi connectivity index (χ4n) is 5.05. The molecule has 3 aliphatic rings. The molecule has 5 rings (SSSR count). The highest BCUT2D eigenvalue weighted by Crippen LogP contribution is 2.35. The number of anilines is 2. The third-order valence-electron chi connectivity index (χ3n) is 6.79. The number of nitrogens with zero attached hydrogens (tertiary/aromatic N) is 5. The number of hydrogen-bond donors (Lipinski definition) is 1. The fraction of sp³-hybridized carbons (Fsp3) is 0.500. The number of halogens is 1. The Morgan fingerprint density at radius 2 is 1.91 bits per heavy atom. The van der Waals surface area contributed by atoms with Crippen LogP contribution >= 0.6 is 11.6 Å². The summed E-state index contributed by atoms with van der Waals surface area (Å²) in [5, 5.41) is 8.13. The van der Waals surface area contributed by atoms with Crippen molar-refractivity contribution in [1.82, 2.24) is 19.6 Å². The fourth-order valence-corrected chi connectivity index (χ4v) is 5.21. The van der Waals surface area contributed by atoms with Crippen molar-refractivity contribution in [1.29, 1.82) is 0 Å². The summed E-state index contributed by atoms with van der Waals surface area (Å²) in [6.07, 6.45) is 1.69. The zero-order valence-electron chi connectivity index (χ0n) is 19.0. The van der Waals surface area contributed by atoms with Crippen molar-refractivity contribution in [3.63, 3.8) is 0 Å². The summed E-state index contributed by atoms with van der Waals surface area (Å²) in [6.45, 7) is 13.3. The summed E-state index contributed by atoms with van der Waals surface area (Å²) in [5.74, 6) is 1.88. The van der Waals surface area contributed by atoms with Gasteiger partial charge in [0.05, 0.1) is 13.2 Å². The molecule has 1 aromatic heterocycles. The van der Waals surface area contributed by atoms with Crippen LogP contribution in [0.4, 0.5) is 16.3 Å². The summed E-state index contributed by atoms with van der Waals surface area (Å²) in [5.41, 5.74) is 3.32. The van der Waals surface area contributed by atoms with Gasteiger partial charge < -0.3 is 19.9 Å². The average molecular weight is 471 g/mol. The number of aromatic nitrogens is 2. The maximum Gasteiger partial charge on any atom is 0.344 e. The van der Waals surface area contributed by atoms with Gasteiger partial charge in [-0.25, -0.2) is 4.79 Å². The Morgan fingerprint density at radius 1 is 1.18 bits per heavy atom. The highest BCUT2D eigenvalue weighted by Gasteiger charge is 2.38. The van der Waals surface area contributed by atoms with E-state index in [0.29, 0.717) is 30.7 Å². The van der Waals surface area contributed by atoms with Crippen LogP contribution in [-0.4, -0.2) is 78.1 Å². The third kappa shape index (κ3) is 4.88. The van der Waals surface area contributed by atoms with Crippen LogP contribution in [0.15, 0.2) is 42.7 Å². The predicted octanol–water partition coefficient (Wildman–Crippen LogP) is 3.35. The molecule has 3 fully saturated rings. The molecule has 0 saturated carbocycles. The van der Waals surface area contributed by atoms with Gasteiger partial charge in [-0.3, -0.25) is 4.90 Å². The van der Waals surface area contributed by atoms with Crippen LogP contribution < -0.4 is 10.2 Å². The Kier molecular flexibility index (Phi) is 6.32. The molecule has 8 nitrogen and oxygen atoms in total. The van der Waals surface area contributed by atoms with E-state index in [4.69, 9.17) is 16.3 Å². The first-order valence-corrected chi connectivity index (χ1v) is 11.9. The molecule has 0 aliphatic carbocycles. The topological polar surface area (TPSA) is 65.9 Å². The first-order valence-electron chi connectivity index (χ1n) is 11.6. The molecule has 1 aromatic carbocycles. The minimum Gasteiger partial charge on any atom is -0.381 e. The zero-order chi connectivity index (χ0) is 22.9. The number of hydrogen-bond acceptors (Lipinski definition) is 6. The smallest absolute Gasteiger partial charge is 0.344 e. The lowest BCUT2D eigenvalue weighted by Gasteiger charge is -2.35. The molecule has 2 unspecified atom stereocenters. The van der Waals surface area contributed by atoms with E-state index in [2.05, 4.69) is 38.9 Å². The molecule has 2 atom stereocenters. The van der Waals surface area contributed by atoms with Gasteiger partial charge in [0.2, 0.25) is 0 Å². The van der Waals surface area contributed by atoms with Crippen LogP contribution in [0.3, 0.4) is 0 Å². The average Bonchev–Trinajstić information content (AvgIpc) is 3.51. The van der Waals surface area contributed by atoms with E-state index < -0.39 is 0 Å². The number of allylic oxidation sites excluding steroid dienone is 1. The summed E-state index contributed by atoms with van der Waals surface area (Å²) in [7, 11) is 0. The van der Waals surface area contributed by atoms with Gasteiger partial charge in [0, 0.05) is 86.3 Å². The van der Waals surface area contributed by atoms with E-state index in [1.807, 2.05) is 17.9 Å². The highest BCUT2D eigenvalue weighted by molar-refractivity contribution is 6.30. The number of piperazine rings is 1. The Bertz CT molecular complexity index is 1020. The molecular formula is C24H31ClN6O2. The van der Waals surface area contributed by atoms with Gasteiger partial charge in [0.25, 0.3) is 0 Å². The number of carbonyl (C=O) groups excluding carboxylic acids is 1. The monoisotopic (exact) mass is 470 g/mol. The van der Waals surface area contributed by atoms with Gasteiger partial charge in [-0.2, -0.15) is 4.68 Å². The minimum atomic E-state index is -0.0950. The molecule has 2 aromatic rings. The number of carbonyl (C=O) groups is 1. The number of amides is 1. The second kappa shape index (κ2) is 9.37. The minimum absolute atomic E-state index is 0.0950. The van der Waals surface area contributed by atoms with E-state index >= 15 is 0 Å². The molecule has 176 valence electrons. The van der Waals surface area contributed by atoms with Crippen LogP contribution in [-0.2, 0) is 11.3 Å². The first-order chi connectivity index (χ1) is 16.0. The maximum atomic E-state index is 12.9. The van der Waals surface area contributed by atoms with E-state index in [-0.39, 0.29) is 6.03 Å². The van der Waals surface area contributed by atoms with Crippen molar-refractivity contribution < 1.29 is 9.53 Å². The molecule has 1 N–H and O–H groups in total. The molecule has 3 saturated heterocycles. The third-order valence-corrected chi connectivity index (χ3v) is 7.03. The van der Waals surface area contributed by atoms with Crippen molar-refractivity contribution in [3.05, 3.63) is 53.3 Å². The SMILES string of the molecule is C=C(C)Nc1ccn(C(=O)N2CCN(Cc3ccc(Cl)cc3N3CC4COCC4C3)CC2)n1. The lowest BCUT2D eigenvalue weighted by atomic mass is 10.0. The largest absolute Gasteiger partial charge is 0.381 e. The zero-order valence-corrected chi connectivity index (χ0v) is 19.8. The molecule has 0 bridgehead atoms. The molecular weight excluding hydrogens is 440 g/mol. The molecule has 1 amide bonds. The van der Waals surface area contributed by atoms with E-state index in [0.717, 1.165) is 56.7 Å². The van der Waals surface area contributed by atoms with E-state index in [1.54, 1.807) is 12.3 Å². The molecule has 0 spiro atoms. The van der Waals surface area contributed by atoms with E-state index in [9.17, 15) is 4.79 Å². The Morgan fingerprint density at radius 3 is 2.61 bits per heavy atom. The Hall–Kier alpha value is -2.55. The standard InChI is InChI=1S/C24H31ClN6O2/c1-17(2)26-23-5-6-31(27-23)24(32)29-9-7-28(8-10-29)12-18-3-4-21(25)11-22(18)30-13-19-15-33-16-20(19)14-30/h3-6,11,19-20H,1,7-10,12-16H2,2H3,(H,26,27). The van der Waals surface area contributed by atoms with Crippen molar-refractivity contribution in [2.75, 3.05) is 62.7 Å². The molecule has 3 aliphatic heterocycles. The summed E-state index contributed by atoms with van der Waals surface area (Å²) < 4.78 is 7.04. The number of benzene rings is 1. The molecule has 33 heavy (non-hydrogen) atoms. The van der Waals surface area contributed by atoms with Gasteiger partial charge in [0.15, 0.2) is 5.82 Å². The maximum absolute atomic E-state index is 12.9. The lowest BCUT2D eigenvalue weighted by Crippen LogP contribution is -2.49. The van der Waals surface area contributed by atoms with Crippen molar-refractivity contribution in [3.8, 4) is 0 Å². The van der Waals surface area contributed by atoms with Crippen molar-refractivity contribution >= 4 is 29.1 Å². The highest BCUT2D eigenvalue weighted by atomic mass is 35.5. The summed E-state index contributed by atoms with van der Waals surface area (Å²) in [4.78, 5) is 19.6. The van der Waals surface area contributed by atoms with Crippen LogP contribution in [0.25, 0.3) is 0 Å². The molecule has 0 radical (unpaired) electrons. The van der Waals surface area contributed by atoms with Gasteiger partial charge in [0.1, 0.15) is 0 Å². The number of fused-ring (bicyclic) bond motifs is 1. The number of rotatable bonds is 5. The number of nitrogens with one attached hydrogen (secondary N) is 1. The van der Waals surface area contributed by atoms with Crippen molar-refractivity contribution in [2.45, 2.75) is 13.5 Å². The van der Waals surface area contributed by atoms with Crippen LogP contribution in [0.1, 0.15) is 12.5 Å². The van der Waals surface area contributed by atoms with Crippen LogP contribution in [0.2, 0.25) is 5.02 Å². The van der Waals surface area contributed by atoms with Gasteiger partial charge in [-0.15, -0.1) is 5.10 Å². The normalized spacial score (nSPS) is 23.1. The summed E-state index contributed by atoms with van der Waals surface area (Å²) in [6, 6.07) is 7.92. The second-order valence-corrected chi connectivity index (χ2v) is 9.77. The van der Waals surface area contributed by atoms with Crippen LogP contribution in [0.5, 0.6) is 0 Å².